The molecule has 190 valence electrons. The Morgan fingerprint density at radius 1 is 1.17 bits per heavy atom. The van der Waals surface area contributed by atoms with Gasteiger partial charge in [-0.15, -0.1) is 0 Å². The maximum Gasteiger partial charge on any atom is 0.439 e. The largest absolute Gasteiger partial charge is 0.439 e. The third-order valence-electron chi connectivity index (χ3n) is 8.16. The molecule has 0 bridgehead atoms. The van der Waals surface area contributed by atoms with E-state index < -0.39 is 5.76 Å². The molecule has 2 saturated carbocycles. The van der Waals surface area contributed by atoms with Gasteiger partial charge in [-0.2, -0.15) is 0 Å². The van der Waals surface area contributed by atoms with Crippen molar-refractivity contribution in [2.75, 3.05) is 11.9 Å². The van der Waals surface area contributed by atoms with Gasteiger partial charge in [0, 0.05) is 18.5 Å². The zero-order valence-electron chi connectivity index (χ0n) is 21.0. The van der Waals surface area contributed by atoms with E-state index in [0.717, 1.165) is 30.2 Å². The SMILES string of the molecule is CCC(CO)c1nc2nc(-c3noc(=O)[nH]3)nc(N[C@H](C)C3CCC3)c2n1CC1CCC(C)CC1. The predicted octanol–water partition coefficient (Wildman–Crippen LogP) is 4.08. The number of H-pyrrole nitrogens is 1. The fourth-order valence-corrected chi connectivity index (χ4v) is 5.52. The summed E-state index contributed by atoms with van der Waals surface area (Å²) in [6.07, 6.45) is 9.32. The average molecular weight is 484 g/mol. The minimum Gasteiger partial charge on any atom is -0.396 e. The van der Waals surface area contributed by atoms with Gasteiger partial charge in [0.05, 0.1) is 6.61 Å². The summed E-state index contributed by atoms with van der Waals surface area (Å²) in [7, 11) is 0. The van der Waals surface area contributed by atoms with Crippen molar-refractivity contribution in [2.45, 2.75) is 90.6 Å². The number of rotatable bonds is 9. The van der Waals surface area contributed by atoms with Crippen molar-refractivity contribution < 1.29 is 9.63 Å². The van der Waals surface area contributed by atoms with Crippen LogP contribution in [0.2, 0.25) is 0 Å². The van der Waals surface area contributed by atoms with Crippen molar-refractivity contribution in [2.24, 2.45) is 17.8 Å². The van der Waals surface area contributed by atoms with E-state index in [-0.39, 0.29) is 30.2 Å². The Balaban J connectivity index is 1.63. The summed E-state index contributed by atoms with van der Waals surface area (Å²) in [6, 6.07) is 0.244. The molecule has 10 nitrogen and oxygen atoms in total. The summed E-state index contributed by atoms with van der Waals surface area (Å²) < 4.78 is 6.96. The maximum atomic E-state index is 11.6. The van der Waals surface area contributed by atoms with Crippen LogP contribution in [0.15, 0.2) is 9.32 Å². The lowest BCUT2D eigenvalue weighted by atomic mass is 9.80. The van der Waals surface area contributed by atoms with Gasteiger partial charge >= 0.3 is 5.76 Å². The Morgan fingerprint density at radius 3 is 2.54 bits per heavy atom. The molecular formula is C25H37N7O3. The molecule has 0 aromatic carbocycles. The van der Waals surface area contributed by atoms with Crippen LogP contribution in [-0.4, -0.2) is 47.4 Å². The van der Waals surface area contributed by atoms with Gasteiger partial charge in [0.2, 0.25) is 11.6 Å². The van der Waals surface area contributed by atoms with Crippen molar-refractivity contribution >= 4 is 17.0 Å². The van der Waals surface area contributed by atoms with Crippen LogP contribution in [0, 0.1) is 17.8 Å². The van der Waals surface area contributed by atoms with Gasteiger partial charge in [-0.1, -0.05) is 38.3 Å². The molecule has 3 N–H and O–H groups in total. The summed E-state index contributed by atoms with van der Waals surface area (Å²) in [4.78, 5) is 28.6. The van der Waals surface area contributed by atoms with Gasteiger partial charge in [-0.25, -0.2) is 19.7 Å². The summed E-state index contributed by atoms with van der Waals surface area (Å²) in [5.74, 6) is 3.21. The van der Waals surface area contributed by atoms with Gasteiger partial charge in [0.1, 0.15) is 11.3 Å². The van der Waals surface area contributed by atoms with Crippen molar-refractivity contribution in [3.05, 3.63) is 16.4 Å². The Bertz CT molecular complexity index is 1200. The van der Waals surface area contributed by atoms with Gasteiger partial charge in [-0.3, -0.25) is 9.51 Å². The number of aromatic amines is 1. The standard InChI is InChI=1S/C25H37N7O3/c1-4-17(13-33)24-29-21-19(32(24)12-16-10-8-14(2)9-11-16)20(26-15(3)18-6-5-7-18)27-22(28-21)23-30-25(34)35-31-23/h14-18,33H,4-13H2,1-3H3,(H,26,27,28)(H,30,31,34)/t14?,15-,16?,17?/m1/s1. The van der Waals surface area contributed by atoms with Gasteiger partial charge in [0.25, 0.3) is 0 Å². The zero-order chi connectivity index (χ0) is 24.5. The highest BCUT2D eigenvalue weighted by atomic mass is 16.5. The molecule has 2 fully saturated rings. The molecule has 10 heteroatoms. The summed E-state index contributed by atoms with van der Waals surface area (Å²) >= 11 is 0. The summed E-state index contributed by atoms with van der Waals surface area (Å²) in [5.41, 5.74) is 1.42. The first-order valence-corrected chi connectivity index (χ1v) is 13.2. The lowest BCUT2D eigenvalue weighted by Gasteiger charge is -2.32. The highest BCUT2D eigenvalue weighted by molar-refractivity contribution is 5.85. The fraction of sp³-hybridized carbons (Fsp3) is 0.720. The second-order valence-corrected chi connectivity index (χ2v) is 10.6. The zero-order valence-corrected chi connectivity index (χ0v) is 21.0. The minimum absolute atomic E-state index is 0.0274. The second kappa shape index (κ2) is 10.1. The van der Waals surface area contributed by atoms with Crippen LogP contribution in [0.4, 0.5) is 5.82 Å². The van der Waals surface area contributed by atoms with Crippen LogP contribution < -0.4 is 11.1 Å². The third-order valence-corrected chi connectivity index (χ3v) is 8.16. The van der Waals surface area contributed by atoms with Gasteiger partial charge in [-0.05, 0) is 56.8 Å². The Kier molecular flexibility index (Phi) is 6.91. The molecule has 35 heavy (non-hydrogen) atoms. The Labute approximate surface area is 204 Å². The van der Waals surface area contributed by atoms with E-state index in [1.807, 2.05) is 0 Å². The summed E-state index contributed by atoms with van der Waals surface area (Å²) in [5, 5.41) is 17.6. The quantitative estimate of drug-likeness (QED) is 0.414. The van der Waals surface area contributed by atoms with E-state index in [2.05, 4.69) is 45.8 Å². The first kappa shape index (κ1) is 24.0. The minimum atomic E-state index is -0.648. The lowest BCUT2D eigenvalue weighted by molar-refractivity contribution is 0.243. The molecule has 0 amide bonds. The summed E-state index contributed by atoms with van der Waals surface area (Å²) in [6.45, 7) is 7.47. The molecular weight excluding hydrogens is 446 g/mol. The van der Waals surface area contributed by atoms with Crippen LogP contribution in [0.25, 0.3) is 22.8 Å². The number of hydrogen-bond acceptors (Lipinski definition) is 8. The van der Waals surface area contributed by atoms with Crippen LogP contribution in [-0.2, 0) is 6.54 Å². The van der Waals surface area contributed by atoms with Crippen LogP contribution >= 0.6 is 0 Å². The van der Waals surface area contributed by atoms with E-state index in [1.165, 1.54) is 44.9 Å². The number of hydrogen-bond donors (Lipinski definition) is 3. The number of anilines is 1. The molecule has 2 atom stereocenters. The molecule has 1 unspecified atom stereocenters. The van der Waals surface area contributed by atoms with E-state index in [4.69, 9.17) is 14.5 Å². The smallest absolute Gasteiger partial charge is 0.396 e. The monoisotopic (exact) mass is 483 g/mol. The van der Waals surface area contributed by atoms with Crippen molar-refractivity contribution in [3.8, 4) is 11.6 Å². The van der Waals surface area contributed by atoms with E-state index in [0.29, 0.717) is 23.3 Å². The average Bonchev–Trinajstić information content (AvgIpc) is 3.39. The van der Waals surface area contributed by atoms with Gasteiger partial charge < -0.3 is 15.0 Å². The number of aromatic nitrogens is 6. The van der Waals surface area contributed by atoms with Crippen LogP contribution in [0.5, 0.6) is 0 Å². The van der Waals surface area contributed by atoms with Crippen molar-refractivity contribution in [1.29, 1.82) is 0 Å². The first-order chi connectivity index (χ1) is 17.0. The number of nitrogens with zero attached hydrogens (tertiary/aromatic N) is 5. The molecule has 5 rings (SSSR count). The maximum absolute atomic E-state index is 11.6. The topological polar surface area (TPSA) is 135 Å². The van der Waals surface area contributed by atoms with Gasteiger partial charge in [0.15, 0.2) is 11.5 Å². The van der Waals surface area contributed by atoms with Crippen LogP contribution in [0.3, 0.4) is 0 Å². The second-order valence-electron chi connectivity index (χ2n) is 10.6. The molecule has 0 saturated heterocycles. The molecule has 3 aromatic rings. The van der Waals surface area contributed by atoms with Crippen molar-refractivity contribution in [3.63, 3.8) is 0 Å². The molecule has 2 aliphatic rings. The highest BCUT2D eigenvalue weighted by Gasteiger charge is 2.29. The van der Waals surface area contributed by atoms with E-state index in [9.17, 15) is 9.90 Å². The molecule has 3 aromatic heterocycles. The van der Waals surface area contributed by atoms with Crippen molar-refractivity contribution in [1.82, 2.24) is 29.7 Å². The van der Waals surface area contributed by atoms with E-state index >= 15 is 0 Å². The number of imidazole rings is 1. The number of aliphatic hydroxyl groups is 1. The molecule has 0 radical (unpaired) electrons. The first-order valence-electron chi connectivity index (χ1n) is 13.2. The molecule has 0 aliphatic heterocycles. The number of fused-ring (bicyclic) bond motifs is 1. The molecule has 0 spiro atoms. The normalized spacial score (nSPS) is 22.7. The lowest BCUT2D eigenvalue weighted by Crippen LogP contribution is -2.31. The van der Waals surface area contributed by atoms with Crippen LogP contribution in [0.1, 0.15) is 83.9 Å². The predicted molar refractivity (Wildman–Crippen MR) is 133 cm³/mol. The molecule has 2 aliphatic carbocycles. The van der Waals surface area contributed by atoms with E-state index in [1.54, 1.807) is 0 Å². The number of nitrogens with one attached hydrogen (secondary N) is 2. The Hall–Kier alpha value is -2.75. The Morgan fingerprint density at radius 2 is 1.94 bits per heavy atom. The number of aliphatic hydroxyl groups excluding tert-OH is 1. The third kappa shape index (κ3) is 4.85. The highest BCUT2D eigenvalue weighted by Crippen LogP contribution is 2.36. The molecule has 3 heterocycles. The fourth-order valence-electron chi connectivity index (χ4n) is 5.52.